The van der Waals surface area contributed by atoms with Gasteiger partial charge in [0.15, 0.2) is 0 Å². The van der Waals surface area contributed by atoms with Crippen LogP contribution in [-0.2, 0) is 11.3 Å². The Morgan fingerprint density at radius 2 is 2.00 bits per heavy atom. The summed E-state index contributed by atoms with van der Waals surface area (Å²) in [5.41, 5.74) is 1.05. The van der Waals surface area contributed by atoms with Crippen LogP contribution in [0.25, 0.3) is 0 Å². The fourth-order valence-electron chi connectivity index (χ4n) is 0.896. The standard InChI is InChI=1S/C9H9ClNO/c1-11(7-12)6-8-2-4-9(10)5-3-8/h2-5H,6H2,1H3. The Kier molecular flexibility index (Phi) is 3.11. The van der Waals surface area contributed by atoms with E-state index in [0.717, 1.165) is 5.56 Å². The third-order valence-corrected chi connectivity index (χ3v) is 1.74. The number of benzene rings is 1. The van der Waals surface area contributed by atoms with Crippen molar-refractivity contribution in [1.82, 2.24) is 4.90 Å². The highest BCUT2D eigenvalue weighted by Crippen LogP contribution is 2.10. The smallest absolute Gasteiger partial charge is 0.312 e. The van der Waals surface area contributed by atoms with Gasteiger partial charge in [-0.25, -0.2) is 0 Å². The van der Waals surface area contributed by atoms with Crippen LogP contribution in [0, 0.1) is 0 Å². The summed E-state index contributed by atoms with van der Waals surface area (Å²) in [7, 11) is 1.68. The Balaban J connectivity index is 2.64. The van der Waals surface area contributed by atoms with E-state index in [1.54, 1.807) is 25.6 Å². The number of hydrogen-bond donors (Lipinski definition) is 0. The second-order valence-electron chi connectivity index (χ2n) is 2.57. The first kappa shape index (κ1) is 9.07. The normalized spacial score (nSPS) is 9.50. The van der Waals surface area contributed by atoms with Crippen LogP contribution in [0.4, 0.5) is 0 Å². The monoisotopic (exact) mass is 182 g/mol. The first-order valence-electron chi connectivity index (χ1n) is 3.56. The van der Waals surface area contributed by atoms with Crippen LogP contribution in [0.3, 0.4) is 0 Å². The number of hydrogen-bond acceptors (Lipinski definition) is 1. The van der Waals surface area contributed by atoms with Crippen LogP contribution in [0.1, 0.15) is 5.56 Å². The number of halogens is 1. The lowest BCUT2D eigenvalue weighted by molar-refractivity contribution is 0.430. The molecule has 1 rings (SSSR count). The molecule has 0 aliphatic heterocycles. The van der Waals surface area contributed by atoms with E-state index in [4.69, 9.17) is 11.6 Å². The van der Waals surface area contributed by atoms with E-state index in [-0.39, 0.29) is 0 Å². The number of amides is 1. The van der Waals surface area contributed by atoms with Gasteiger partial charge < -0.3 is 4.90 Å². The van der Waals surface area contributed by atoms with Gasteiger partial charge in [0.25, 0.3) is 0 Å². The van der Waals surface area contributed by atoms with Crippen molar-refractivity contribution in [2.24, 2.45) is 0 Å². The fraction of sp³-hybridized carbons (Fsp3) is 0.222. The Bertz CT molecular complexity index is 258. The summed E-state index contributed by atoms with van der Waals surface area (Å²) < 4.78 is 0. The molecule has 12 heavy (non-hydrogen) atoms. The average molecular weight is 183 g/mol. The lowest BCUT2D eigenvalue weighted by atomic mass is 10.2. The molecule has 0 saturated carbocycles. The molecular formula is C9H9ClNO. The fourth-order valence-corrected chi connectivity index (χ4v) is 1.02. The second-order valence-corrected chi connectivity index (χ2v) is 3.01. The Labute approximate surface area is 76.8 Å². The number of nitrogens with zero attached hydrogens (tertiary/aromatic N) is 1. The van der Waals surface area contributed by atoms with Gasteiger partial charge in [-0.1, -0.05) is 23.7 Å². The molecule has 3 heteroatoms. The van der Waals surface area contributed by atoms with E-state index in [1.807, 2.05) is 12.1 Å². The van der Waals surface area contributed by atoms with Crippen molar-refractivity contribution in [3.05, 3.63) is 34.9 Å². The van der Waals surface area contributed by atoms with Gasteiger partial charge in [0.05, 0.1) is 0 Å². The molecule has 1 aromatic carbocycles. The van der Waals surface area contributed by atoms with E-state index in [0.29, 0.717) is 11.6 Å². The second kappa shape index (κ2) is 4.12. The van der Waals surface area contributed by atoms with Gasteiger partial charge in [0, 0.05) is 18.6 Å². The van der Waals surface area contributed by atoms with E-state index >= 15 is 0 Å². The molecule has 0 N–H and O–H groups in total. The molecule has 0 aliphatic carbocycles. The first-order valence-corrected chi connectivity index (χ1v) is 3.93. The molecule has 0 aromatic heterocycles. The molecule has 1 radical (unpaired) electrons. The summed E-state index contributed by atoms with van der Waals surface area (Å²) in [6.07, 6.45) is 1.78. The number of rotatable bonds is 3. The van der Waals surface area contributed by atoms with Crippen LogP contribution >= 0.6 is 11.6 Å². The maximum absolute atomic E-state index is 10.2. The van der Waals surface area contributed by atoms with Gasteiger partial charge in [0.1, 0.15) is 0 Å². The Hall–Kier alpha value is -1.02. The van der Waals surface area contributed by atoms with E-state index in [1.165, 1.54) is 4.90 Å². The minimum Gasteiger partial charge on any atom is -0.333 e. The van der Waals surface area contributed by atoms with Gasteiger partial charge in [-0.3, -0.25) is 4.79 Å². The summed E-state index contributed by atoms with van der Waals surface area (Å²) in [5.74, 6) is 0. The van der Waals surface area contributed by atoms with Gasteiger partial charge in [0.2, 0.25) is 0 Å². The summed E-state index contributed by atoms with van der Waals surface area (Å²) in [6, 6.07) is 7.37. The zero-order valence-electron chi connectivity index (χ0n) is 6.75. The van der Waals surface area contributed by atoms with E-state index in [2.05, 4.69) is 0 Å². The maximum atomic E-state index is 10.2. The highest BCUT2D eigenvalue weighted by Gasteiger charge is 1.96. The van der Waals surface area contributed by atoms with Crippen molar-refractivity contribution >= 4 is 18.0 Å². The third kappa shape index (κ3) is 2.55. The SMILES string of the molecule is CN([C]=O)Cc1ccc(Cl)cc1. The van der Waals surface area contributed by atoms with E-state index in [9.17, 15) is 4.79 Å². The van der Waals surface area contributed by atoms with Crippen LogP contribution in [0.15, 0.2) is 24.3 Å². The quantitative estimate of drug-likeness (QED) is 0.654. The van der Waals surface area contributed by atoms with Crippen molar-refractivity contribution in [3.63, 3.8) is 0 Å². The molecule has 0 saturated heterocycles. The summed E-state index contributed by atoms with van der Waals surface area (Å²) >= 11 is 5.69. The minimum atomic E-state index is 0.570. The molecule has 0 fully saturated rings. The molecule has 0 atom stereocenters. The molecule has 2 nitrogen and oxygen atoms in total. The van der Waals surface area contributed by atoms with Crippen molar-refractivity contribution in [2.75, 3.05) is 7.05 Å². The number of carbonyl (C=O) groups excluding carboxylic acids is 1. The van der Waals surface area contributed by atoms with Crippen molar-refractivity contribution < 1.29 is 4.79 Å². The van der Waals surface area contributed by atoms with Gasteiger partial charge in [-0.05, 0) is 17.7 Å². The third-order valence-electron chi connectivity index (χ3n) is 1.49. The molecule has 1 amide bonds. The van der Waals surface area contributed by atoms with Crippen molar-refractivity contribution in [2.45, 2.75) is 6.54 Å². The average Bonchev–Trinajstić information content (AvgIpc) is 2.09. The first-order chi connectivity index (χ1) is 5.72. The van der Waals surface area contributed by atoms with Gasteiger partial charge in [-0.15, -0.1) is 0 Å². The lowest BCUT2D eigenvalue weighted by Crippen LogP contribution is -2.14. The van der Waals surface area contributed by atoms with Crippen LogP contribution < -0.4 is 0 Å². The van der Waals surface area contributed by atoms with Crippen molar-refractivity contribution in [1.29, 1.82) is 0 Å². The Morgan fingerprint density at radius 1 is 1.42 bits per heavy atom. The van der Waals surface area contributed by atoms with Crippen LogP contribution in [0.5, 0.6) is 0 Å². The van der Waals surface area contributed by atoms with E-state index < -0.39 is 0 Å². The zero-order chi connectivity index (χ0) is 8.97. The van der Waals surface area contributed by atoms with Gasteiger partial charge in [-0.2, -0.15) is 0 Å². The molecule has 0 aliphatic rings. The highest BCUT2D eigenvalue weighted by molar-refractivity contribution is 6.30. The predicted molar refractivity (Wildman–Crippen MR) is 48.6 cm³/mol. The van der Waals surface area contributed by atoms with Gasteiger partial charge >= 0.3 is 6.41 Å². The summed E-state index contributed by atoms with van der Waals surface area (Å²) in [4.78, 5) is 11.6. The zero-order valence-corrected chi connectivity index (χ0v) is 7.51. The van der Waals surface area contributed by atoms with Crippen molar-refractivity contribution in [3.8, 4) is 0 Å². The minimum absolute atomic E-state index is 0.570. The Morgan fingerprint density at radius 3 is 2.50 bits per heavy atom. The predicted octanol–water partition coefficient (Wildman–Crippen LogP) is 1.84. The molecule has 0 unspecified atom stereocenters. The highest BCUT2D eigenvalue weighted by atomic mass is 35.5. The van der Waals surface area contributed by atoms with Crippen LogP contribution in [-0.4, -0.2) is 18.4 Å². The van der Waals surface area contributed by atoms with Crippen LogP contribution in [0.2, 0.25) is 5.02 Å². The molecule has 0 spiro atoms. The molecule has 0 bridgehead atoms. The lowest BCUT2D eigenvalue weighted by Gasteiger charge is -2.08. The molecule has 63 valence electrons. The molecule has 1 aromatic rings. The largest absolute Gasteiger partial charge is 0.333 e. The summed E-state index contributed by atoms with van der Waals surface area (Å²) in [6.45, 7) is 0.570. The topological polar surface area (TPSA) is 20.3 Å². The summed E-state index contributed by atoms with van der Waals surface area (Å²) in [5, 5.41) is 0.705. The molecular weight excluding hydrogens is 174 g/mol. The maximum Gasteiger partial charge on any atom is 0.312 e. The molecule has 0 heterocycles.